The quantitative estimate of drug-likeness (QED) is 0.775. The van der Waals surface area contributed by atoms with Crippen LogP contribution in [0.25, 0.3) is 0 Å². The van der Waals surface area contributed by atoms with Gasteiger partial charge in [0.05, 0.1) is 5.56 Å². The molecule has 1 aromatic carbocycles. The number of rotatable bonds is 4. The van der Waals surface area contributed by atoms with E-state index >= 15 is 0 Å². The maximum absolute atomic E-state index is 11.8. The molecule has 1 amide bonds. The van der Waals surface area contributed by atoms with Crippen LogP contribution in [0.2, 0.25) is 0 Å². The summed E-state index contributed by atoms with van der Waals surface area (Å²) in [6, 6.07) is 7.63. The number of nitrogens with one attached hydrogen (secondary N) is 1. The van der Waals surface area contributed by atoms with E-state index in [2.05, 4.69) is 10.3 Å². The molecule has 0 unspecified atom stereocenters. The summed E-state index contributed by atoms with van der Waals surface area (Å²) in [6.45, 7) is 0.449. The minimum Gasteiger partial charge on any atom is -0.508 e. The second-order valence-corrected chi connectivity index (χ2v) is 4.07. The first-order valence-electron chi connectivity index (χ1n) is 5.86. The van der Waals surface area contributed by atoms with Crippen molar-refractivity contribution in [1.82, 2.24) is 10.3 Å². The predicted octanol–water partition coefficient (Wildman–Crippen LogP) is 1.47. The molecule has 5 heteroatoms. The van der Waals surface area contributed by atoms with Crippen LogP contribution in [0.1, 0.15) is 15.9 Å². The molecule has 0 bridgehead atoms. The van der Waals surface area contributed by atoms with Crippen LogP contribution in [-0.2, 0) is 6.42 Å². The first-order chi connectivity index (χ1) is 9.16. The maximum atomic E-state index is 11.8. The summed E-state index contributed by atoms with van der Waals surface area (Å²) in [5.74, 6) is -0.690. The summed E-state index contributed by atoms with van der Waals surface area (Å²) >= 11 is 0. The van der Waals surface area contributed by atoms with Crippen molar-refractivity contribution in [2.24, 2.45) is 0 Å². The van der Waals surface area contributed by atoms with Gasteiger partial charge in [0.15, 0.2) is 0 Å². The highest BCUT2D eigenvalue weighted by molar-refractivity contribution is 5.96. The Hall–Kier alpha value is -2.56. The third-order valence-corrected chi connectivity index (χ3v) is 2.65. The van der Waals surface area contributed by atoms with E-state index in [1.165, 1.54) is 12.1 Å². The Morgan fingerprint density at radius 3 is 2.79 bits per heavy atom. The van der Waals surface area contributed by atoms with E-state index in [1.54, 1.807) is 12.4 Å². The van der Waals surface area contributed by atoms with E-state index in [1.807, 2.05) is 12.1 Å². The van der Waals surface area contributed by atoms with Gasteiger partial charge >= 0.3 is 0 Å². The highest BCUT2D eigenvalue weighted by Crippen LogP contribution is 2.22. The highest BCUT2D eigenvalue weighted by atomic mass is 16.3. The van der Waals surface area contributed by atoms with E-state index < -0.39 is 0 Å². The number of nitrogens with zero attached hydrogens (tertiary/aromatic N) is 1. The molecule has 0 spiro atoms. The molecule has 0 saturated carbocycles. The Bertz CT molecular complexity index is 570. The van der Waals surface area contributed by atoms with Crippen molar-refractivity contribution in [1.29, 1.82) is 0 Å². The van der Waals surface area contributed by atoms with E-state index in [0.29, 0.717) is 13.0 Å². The van der Waals surface area contributed by atoms with E-state index in [-0.39, 0.29) is 23.0 Å². The molecule has 19 heavy (non-hydrogen) atoms. The molecular weight excluding hydrogens is 244 g/mol. The number of aromatic nitrogens is 1. The van der Waals surface area contributed by atoms with Gasteiger partial charge in [-0.15, -0.1) is 0 Å². The first kappa shape index (κ1) is 12.9. The van der Waals surface area contributed by atoms with Crippen molar-refractivity contribution < 1.29 is 15.0 Å². The van der Waals surface area contributed by atoms with Gasteiger partial charge in [-0.25, -0.2) is 0 Å². The lowest BCUT2D eigenvalue weighted by Gasteiger charge is -2.07. The number of carbonyl (C=O) groups excluding carboxylic acids is 1. The molecule has 98 valence electrons. The fourth-order valence-electron chi connectivity index (χ4n) is 1.67. The number of phenols is 2. The SMILES string of the molecule is O=C(NCCc1cccnc1)c1ccc(O)cc1O. The molecule has 2 aromatic rings. The lowest BCUT2D eigenvalue weighted by atomic mass is 10.1. The van der Waals surface area contributed by atoms with Crippen LogP contribution in [-0.4, -0.2) is 27.6 Å². The average molecular weight is 258 g/mol. The van der Waals surface area contributed by atoms with Gasteiger partial charge in [0.25, 0.3) is 5.91 Å². The molecule has 1 aromatic heterocycles. The van der Waals surface area contributed by atoms with E-state index in [0.717, 1.165) is 11.6 Å². The van der Waals surface area contributed by atoms with Crippen molar-refractivity contribution in [3.63, 3.8) is 0 Å². The molecule has 2 rings (SSSR count). The number of benzene rings is 1. The monoisotopic (exact) mass is 258 g/mol. The maximum Gasteiger partial charge on any atom is 0.255 e. The van der Waals surface area contributed by atoms with Gasteiger partial charge in [0.1, 0.15) is 11.5 Å². The van der Waals surface area contributed by atoms with E-state index in [9.17, 15) is 9.90 Å². The molecule has 3 N–H and O–H groups in total. The summed E-state index contributed by atoms with van der Waals surface area (Å²) in [7, 11) is 0. The second-order valence-electron chi connectivity index (χ2n) is 4.07. The third kappa shape index (κ3) is 3.45. The predicted molar refractivity (Wildman–Crippen MR) is 70.0 cm³/mol. The zero-order chi connectivity index (χ0) is 13.7. The number of pyridine rings is 1. The van der Waals surface area contributed by atoms with Gasteiger partial charge in [0.2, 0.25) is 0 Å². The smallest absolute Gasteiger partial charge is 0.255 e. The Labute approximate surface area is 110 Å². The molecule has 1 heterocycles. The molecule has 0 radical (unpaired) electrons. The van der Waals surface area contributed by atoms with Gasteiger partial charge < -0.3 is 15.5 Å². The minimum atomic E-state index is -0.374. The Morgan fingerprint density at radius 2 is 2.11 bits per heavy atom. The molecule has 5 nitrogen and oxygen atoms in total. The van der Waals surface area contributed by atoms with Crippen LogP contribution in [0.15, 0.2) is 42.7 Å². The number of carbonyl (C=O) groups is 1. The number of aromatic hydroxyl groups is 2. The summed E-state index contributed by atoms with van der Waals surface area (Å²) in [4.78, 5) is 15.8. The summed E-state index contributed by atoms with van der Waals surface area (Å²) < 4.78 is 0. The Kier molecular flexibility index (Phi) is 3.97. The molecule has 0 atom stereocenters. The van der Waals surface area contributed by atoms with Crippen molar-refractivity contribution in [2.75, 3.05) is 6.54 Å². The average Bonchev–Trinajstić information content (AvgIpc) is 2.39. The first-order valence-corrected chi connectivity index (χ1v) is 5.86. The summed E-state index contributed by atoms with van der Waals surface area (Å²) in [5, 5.41) is 21.4. The lowest BCUT2D eigenvalue weighted by Crippen LogP contribution is -2.25. The van der Waals surface area contributed by atoms with Gasteiger partial charge in [0, 0.05) is 25.0 Å². The van der Waals surface area contributed by atoms with Crippen LogP contribution in [0.3, 0.4) is 0 Å². The Morgan fingerprint density at radius 1 is 1.26 bits per heavy atom. The van der Waals surface area contributed by atoms with Gasteiger partial charge in [-0.05, 0) is 30.2 Å². The van der Waals surface area contributed by atoms with Crippen LogP contribution >= 0.6 is 0 Å². The van der Waals surface area contributed by atoms with Crippen molar-refractivity contribution in [3.8, 4) is 11.5 Å². The normalized spacial score (nSPS) is 10.1. The number of hydrogen-bond acceptors (Lipinski definition) is 4. The molecule has 0 aliphatic rings. The molecule has 0 saturated heterocycles. The van der Waals surface area contributed by atoms with Crippen molar-refractivity contribution in [3.05, 3.63) is 53.9 Å². The van der Waals surface area contributed by atoms with Crippen LogP contribution < -0.4 is 5.32 Å². The zero-order valence-corrected chi connectivity index (χ0v) is 10.2. The van der Waals surface area contributed by atoms with E-state index in [4.69, 9.17) is 5.11 Å². The molecular formula is C14H14N2O3. The summed E-state index contributed by atoms with van der Waals surface area (Å²) in [5.41, 5.74) is 1.17. The fraction of sp³-hybridized carbons (Fsp3) is 0.143. The van der Waals surface area contributed by atoms with Crippen LogP contribution in [0, 0.1) is 0 Å². The third-order valence-electron chi connectivity index (χ3n) is 2.65. The van der Waals surface area contributed by atoms with Crippen molar-refractivity contribution >= 4 is 5.91 Å². The van der Waals surface area contributed by atoms with Gasteiger partial charge in [-0.2, -0.15) is 0 Å². The van der Waals surface area contributed by atoms with Crippen LogP contribution in [0.4, 0.5) is 0 Å². The fourth-order valence-corrected chi connectivity index (χ4v) is 1.67. The lowest BCUT2D eigenvalue weighted by molar-refractivity contribution is 0.0951. The van der Waals surface area contributed by atoms with Gasteiger partial charge in [-0.3, -0.25) is 9.78 Å². The van der Waals surface area contributed by atoms with Crippen molar-refractivity contribution in [2.45, 2.75) is 6.42 Å². The second kappa shape index (κ2) is 5.86. The minimum absolute atomic E-state index is 0.0793. The number of hydrogen-bond donors (Lipinski definition) is 3. The Balaban J connectivity index is 1.91. The number of phenolic OH excluding ortho intramolecular Hbond substituents is 2. The standard InChI is InChI=1S/C14H14N2O3/c17-11-3-4-12(13(18)8-11)14(19)16-7-5-10-2-1-6-15-9-10/h1-4,6,8-9,17-18H,5,7H2,(H,16,19). The number of amides is 1. The zero-order valence-electron chi connectivity index (χ0n) is 10.2. The molecule has 0 fully saturated rings. The van der Waals surface area contributed by atoms with Gasteiger partial charge in [-0.1, -0.05) is 6.07 Å². The topological polar surface area (TPSA) is 82.5 Å². The van der Waals surface area contributed by atoms with Crippen LogP contribution in [0.5, 0.6) is 11.5 Å². The largest absolute Gasteiger partial charge is 0.508 e. The highest BCUT2D eigenvalue weighted by Gasteiger charge is 2.10. The molecule has 0 aliphatic heterocycles. The molecule has 0 aliphatic carbocycles. The summed E-state index contributed by atoms with van der Waals surface area (Å²) in [6.07, 6.45) is 4.10.